The number of ether oxygens (including phenoxy) is 1. The number of fused-ring (bicyclic) bond motifs is 1. The molecule has 7 nitrogen and oxygen atoms in total. The fraction of sp³-hybridized carbons (Fsp3) is 0.500. The highest BCUT2D eigenvalue weighted by Gasteiger charge is 2.42. The van der Waals surface area contributed by atoms with Crippen molar-refractivity contribution in [3.63, 3.8) is 0 Å². The van der Waals surface area contributed by atoms with E-state index in [4.69, 9.17) is 4.74 Å². The maximum Gasteiger partial charge on any atom is 0.315 e. The molecule has 2 atom stereocenters. The van der Waals surface area contributed by atoms with Crippen molar-refractivity contribution in [2.24, 2.45) is 10.9 Å². The maximum absolute atomic E-state index is 12.7. The Labute approximate surface area is 134 Å². The molecule has 0 radical (unpaired) electrons. The normalized spacial score (nSPS) is 20.0. The molecular weight excluding hydrogens is 294 g/mol. The molecule has 3 heterocycles. The van der Waals surface area contributed by atoms with E-state index in [1.807, 2.05) is 13.8 Å². The monoisotopic (exact) mass is 315 g/mol. The molecule has 0 amide bonds. The van der Waals surface area contributed by atoms with Crippen LogP contribution < -0.4 is 0 Å². The number of carbonyl (C=O) groups excluding carboxylic acids is 1. The summed E-state index contributed by atoms with van der Waals surface area (Å²) in [5, 5.41) is 7.03. The lowest BCUT2D eigenvalue weighted by molar-refractivity contribution is -0.146. The van der Waals surface area contributed by atoms with Crippen LogP contribution in [0, 0.1) is 12.8 Å². The summed E-state index contributed by atoms with van der Waals surface area (Å²) in [7, 11) is 0. The van der Waals surface area contributed by atoms with Crippen molar-refractivity contribution in [1.29, 1.82) is 0 Å². The van der Waals surface area contributed by atoms with Gasteiger partial charge in [0, 0.05) is 17.0 Å². The van der Waals surface area contributed by atoms with Crippen LogP contribution in [-0.2, 0) is 9.53 Å². The van der Waals surface area contributed by atoms with E-state index in [9.17, 15) is 4.79 Å². The first kappa shape index (κ1) is 15.5. The van der Waals surface area contributed by atoms with Gasteiger partial charge in [-0.2, -0.15) is 5.10 Å². The van der Waals surface area contributed by atoms with Gasteiger partial charge >= 0.3 is 5.97 Å². The van der Waals surface area contributed by atoms with Gasteiger partial charge in [-0.3, -0.25) is 9.89 Å². The summed E-state index contributed by atoms with van der Waals surface area (Å²) in [4.78, 5) is 24.8. The van der Waals surface area contributed by atoms with Crippen LogP contribution in [-0.4, -0.2) is 38.5 Å². The molecule has 1 aliphatic heterocycles. The largest absolute Gasteiger partial charge is 0.465 e. The van der Waals surface area contributed by atoms with Crippen molar-refractivity contribution in [3.8, 4) is 0 Å². The molecule has 2 unspecified atom stereocenters. The highest BCUT2D eigenvalue weighted by Crippen LogP contribution is 2.42. The second-order valence-corrected chi connectivity index (χ2v) is 5.65. The summed E-state index contributed by atoms with van der Waals surface area (Å²) in [6, 6.07) is 0. The van der Waals surface area contributed by atoms with Crippen molar-refractivity contribution in [1.82, 2.24) is 20.2 Å². The Morgan fingerprint density at radius 2 is 2.22 bits per heavy atom. The van der Waals surface area contributed by atoms with Gasteiger partial charge in [-0.25, -0.2) is 9.98 Å². The van der Waals surface area contributed by atoms with Gasteiger partial charge in [-0.05, 0) is 20.3 Å². The minimum Gasteiger partial charge on any atom is -0.465 e. The van der Waals surface area contributed by atoms with E-state index in [0.717, 1.165) is 35.5 Å². The first-order valence-electron chi connectivity index (χ1n) is 7.94. The number of rotatable bonds is 5. The predicted molar refractivity (Wildman–Crippen MR) is 85.9 cm³/mol. The lowest BCUT2D eigenvalue weighted by atomic mass is 9.78. The van der Waals surface area contributed by atoms with Crippen molar-refractivity contribution in [2.45, 2.75) is 39.5 Å². The number of nitrogens with one attached hydrogen (secondary N) is 2. The van der Waals surface area contributed by atoms with Gasteiger partial charge in [-0.15, -0.1) is 0 Å². The van der Waals surface area contributed by atoms with Crippen LogP contribution in [0.1, 0.15) is 49.6 Å². The number of imidazole rings is 1. The molecule has 7 heteroatoms. The zero-order valence-electron chi connectivity index (χ0n) is 13.6. The minimum absolute atomic E-state index is 0.229. The van der Waals surface area contributed by atoms with Crippen LogP contribution in [0.3, 0.4) is 0 Å². The Morgan fingerprint density at radius 3 is 2.87 bits per heavy atom. The second kappa shape index (κ2) is 6.36. The second-order valence-electron chi connectivity index (χ2n) is 5.65. The lowest BCUT2D eigenvalue weighted by Crippen LogP contribution is -2.35. The molecule has 0 saturated heterocycles. The predicted octanol–water partition coefficient (Wildman–Crippen LogP) is 2.64. The summed E-state index contributed by atoms with van der Waals surface area (Å²) in [5.41, 5.74) is 3.50. The van der Waals surface area contributed by atoms with Crippen LogP contribution in [0.2, 0.25) is 0 Å². The molecule has 0 saturated carbocycles. The standard InChI is InChI=1S/C16H21N5O2/c1-4-6-11-13(16(22)23-5-2)12(14-9(3)17-8-18-14)10-7-19-21-15(10)20-11/h7-8,12-13H,4-6H2,1-3H3,(H,17,18)(H,19,21). The Bertz CT molecular complexity index is 730. The van der Waals surface area contributed by atoms with Gasteiger partial charge in [0.05, 0.1) is 30.7 Å². The first-order chi connectivity index (χ1) is 11.2. The van der Waals surface area contributed by atoms with E-state index in [0.29, 0.717) is 12.4 Å². The van der Waals surface area contributed by atoms with Crippen molar-refractivity contribution in [3.05, 3.63) is 29.5 Å². The molecule has 2 aromatic heterocycles. The number of esters is 1. The number of hydrogen-bond acceptors (Lipinski definition) is 5. The van der Waals surface area contributed by atoms with Gasteiger partial charge in [0.15, 0.2) is 5.82 Å². The lowest BCUT2D eigenvalue weighted by Gasteiger charge is -2.29. The highest BCUT2D eigenvalue weighted by atomic mass is 16.5. The maximum atomic E-state index is 12.7. The zero-order chi connectivity index (χ0) is 16.4. The van der Waals surface area contributed by atoms with Gasteiger partial charge < -0.3 is 9.72 Å². The van der Waals surface area contributed by atoms with Crippen molar-refractivity contribution < 1.29 is 9.53 Å². The molecule has 0 bridgehead atoms. The topological polar surface area (TPSA) is 96.0 Å². The van der Waals surface area contributed by atoms with E-state index in [-0.39, 0.29) is 11.9 Å². The molecule has 23 heavy (non-hydrogen) atoms. The van der Waals surface area contributed by atoms with Gasteiger partial charge in [-0.1, -0.05) is 13.3 Å². The quantitative estimate of drug-likeness (QED) is 0.829. The SMILES string of the molecule is CCCC1=Nc2[nH]ncc2C(c2nc[nH]c2C)C1C(=O)OCC. The molecule has 2 N–H and O–H groups in total. The van der Waals surface area contributed by atoms with Crippen LogP contribution in [0.15, 0.2) is 17.5 Å². The molecule has 0 aromatic carbocycles. The Balaban J connectivity index is 2.13. The molecule has 2 aromatic rings. The van der Waals surface area contributed by atoms with E-state index in [1.165, 1.54) is 0 Å². The van der Waals surface area contributed by atoms with Crippen LogP contribution in [0.25, 0.3) is 0 Å². The summed E-state index contributed by atoms with van der Waals surface area (Å²) in [6.07, 6.45) is 5.02. The van der Waals surface area contributed by atoms with Gasteiger partial charge in [0.2, 0.25) is 0 Å². The third-order valence-corrected chi connectivity index (χ3v) is 4.14. The summed E-state index contributed by atoms with van der Waals surface area (Å²) < 4.78 is 5.33. The smallest absolute Gasteiger partial charge is 0.315 e. The molecule has 0 spiro atoms. The first-order valence-corrected chi connectivity index (χ1v) is 7.94. The van der Waals surface area contributed by atoms with Gasteiger partial charge in [0.25, 0.3) is 0 Å². The fourth-order valence-corrected chi connectivity index (χ4v) is 3.15. The van der Waals surface area contributed by atoms with Gasteiger partial charge in [0.1, 0.15) is 5.92 Å². The molecule has 3 rings (SSSR count). The number of aromatic amines is 2. The number of aromatic nitrogens is 4. The molecule has 0 aliphatic carbocycles. The summed E-state index contributed by atoms with van der Waals surface area (Å²) in [6.45, 7) is 6.19. The third kappa shape index (κ3) is 2.67. The molecule has 0 fully saturated rings. The number of aryl methyl sites for hydroxylation is 1. The number of nitrogens with zero attached hydrogens (tertiary/aromatic N) is 3. The van der Waals surface area contributed by atoms with Crippen LogP contribution >= 0.6 is 0 Å². The molecule has 122 valence electrons. The van der Waals surface area contributed by atoms with E-state index >= 15 is 0 Å². The van der Waals surface area contributed by atoms with E-state index in [2.05, 4.69) is 32.1 Å². The van der Waals surface area contributed by atoms with Crippen molar-refractivity contribution >= 4 is 17.5 Å². The highest BCUT2D eigenvalue weighted by molar-refractivity contribution is 6.06. The molecule has 1 aliphatic rings. The number of H-pyrrole nitrogens is 2. The Kier molecular flexibility index (Phi) is 4.27. The minimum atomic E-state index is -0.456. The average molecular weight is 315 g/mol. The van der Waals surface area contributed by atoms with E-state index < -0.39 is 5.92 Å². The Hall–Kier alpha value is -2.44. The zero-order valence-corrected chi connectivity index (χ0v) is 13.6. The van der Waals surface area contributed by atoms with Crippen LogP contribution in [0.4, 0.5) is 5.82 Å². The third-order valence-electron chi connectivity index (χ3n) is 4.14. The number of aliphatic imine (C=N–C) groups is 1. The Morgan fingerprint density at radius 1 is 1.39 bits per heavy atom. The number of carbonyl (C=O) groups is 1. The average Bonchev–Trinajstić information content (AvgIpc) is 3.15. The fourth-order valence-electron chi connectivity index (χ4n) is 3.15. The van der Waals surface area contributed by atoms with Crippen LogP contribution in [0.5, 0.6) is 0 Å². The summed E-state index contributed by atoms with van der Waals surface area (Å²) >= 11 is 0. The van der Waals surface area contributed by atoms with E-state index in [1.54, 1.807) is 12.5 Å². The number of hydrogen-bond donors (Lipinski definition) is 2. The van der Waals surface area contributed by atoms with Crippen molar-refractivity contribution in [2.75, 3.05) is 6.61 Å². The molecular formula is C16H21N5O2. The summed E-state index contributed by atoms with van der Waals surface area (Å²) in [5.74, 6) is -0.226.